The van der Waals surface area contributed by atoms with Crippen LogP contribution in [-0.4, -0.2) is 35.2 Å². The van der Waals surface area contributed by atoms with Gasteiger partial charge >= 0.3 is 6.09 Å². The Hall–Kier alpha value is -1.55. The Morgan fingerprint density at radius 3 is 2.75 bits per heavy atom. The molecule has 1 saturated heterocycles. The van der Waals surface area contributed by atoms with Gasteiger partial charge in [0.1, 0.15) is 0 Å². The third kappa shape index (κ3) is 2.52. The number of nitrogens with one attached hydrogen (secondary N) is 1. The predicted molar refractivity (Wildman–Crippen MR) is 61.3 cm³/mol. The van der Waals surface area contributed by atoms with Crippen LogP contribution in [0.25, 0.3) is 0 Å². The van der Waals surface area contributed by atoms with Crippen molar-refractivity contribution in [1.82, 2.24) is 10.2 Å². The summed E-state index contributed by atoms with van der Waals surface area (Å²) in [5.41, 5.74) is 1.04. The highest BCUT2D eigenvalue weighted by Gasteiger charge is 2.25. The molecule has 1 atom stereocenters. The third-order valence-corrected chi connectivity index (χ3v) is 2.92. The van der Waals surface area contributed by atoms with Gasteiger partial charge in [-0.1, -0.05) is 30.3 Å². The number of amides is 1. The van der Waals surface area contributed by atoms with Crippen LogP contribution in [0.4, 0.5) is 4.79 Å². The van der Waals surface area contributed by atoms with E-state index >= 15 is 0 Å². The fourth-order valence-corrected chi connectivity index (χ4v) is 2.04. The second-order valence-corrected chi connectivity index (χ2v) is 4.04. The van der Waals surface area contributed by atoms with E-state index in [0.29, 0.717) is 6.54 Å². The Balaban J connectivity index is 2.05. The maximum absolute atomic E-state index is 11.2. The summed E-state index contributed by atoms with van der Waals surface area (Å²) in [7, 11) is 0. The Bertz CT molecular complexity index is 347. The molecule has 0 bridgehead atoms. The molecule has 0 saturated carbocycles. The zero-order valence-electron chi connectivity index (χ0n) is 9.10. The van der Waals surface area contributed by atoms with Crippen molar-refractivity contribution in [2.45, 2.75) is 19.0 Å². The first kappa shape index (κ1) is 11.0. The highest BCUT2D eigenvalue weighted by atomic mass is 16.4. The van der Waals surface area contributed by atoms with E-state index < -0.39 is 6.09 Å². The zero-order valence-corrected chi connectivity index (χ0v) is 9.10. The third-order valence-electron chi connectivity index (χ3n) is 2.92. The van der Waals surface area contributed by atoms with Gasteiger partial charge in [0.15, 0.2) is 0 Å². The number of rotatable bonds is 3. The highest BCUT2D eigenvalue weighted by Crippen LogP contribution is 2.13. The fraction of sp³-hybridized carbons (Fsp3) is 0.417. The molecule has 0 aliphatic carbocycles. The van der Waals surface area contributed by atoms with Crippen molar-refractivity contribution in [3.8, 4) is 0 Å². The first-order chi connectivity index (χ1) is 7.77. The summed E-state index contributed by atoms with van der Waals surface area (Å²) in [6, 6.07) is 9.82. The van der Waals surface area contributed by atoms with Gasteiger partial charge in [-0.15, -0.1) is 0 Å². The molecule has 4 nitrogen and oxygen atoms in total. The largest absolute Gasteiger partial charge is 0.465 e. The summed E-state index contributed by atoms with van der Waals surface area (Å²) in [5, 5.41) is 12.4. The second kappa shape index (κ2) is 4.99. The molecule has 1 amide bonds. The van der Waals surface area contributed by atoms with Crippen molar-refractivity contribution in [3.05, 3.63) is 35.9 Å². The van der Waals surface area contributed by atoms with Gasteiger partial charge in [0.2, 0.25) is 0 Å². The van der Waals surface area contributed by atoms with E-state index in [1.54, 1.807) is 0 Å². The van der Waals surface area contributed by atoms with Crippen LogP contribution in [0, 0.1) is 0 Å². The number of carboxylic acid groups (broad SMARTS) is 1. The Labute approximate surface area is 94.9 Å². The van der Waals surface area contributed by atoms with Crippen LogP contribution >= 0.6 is 0 Å². The van der Waals surface area contributed by atoms with Gasteiger partial charge in [0, 0.05) is 19.1 Å². The zero-order chi connectivity index (χ0) is 11.4. The molecule has 1 aromatic rings. The van der Waals surface area contributed by atoms with E-state index in [9.17, 15) is 9.90 Å². The van der Waals surface area contributed by atoms with Crippen molar-refractivity contribution in [2.24, 2.45) is 0 Å². The van der Waals surface area contributed by atoms with Gasteiger partial charge in [0.05, 0.1) is 0 Å². The van der Waals surface area contributed by atoms with Gasteiger partial charge < -0.3 is 10.4 Å². The fourth-order valence-electron chi connectivity index (χ4n) is 2.04. The minimum Gasteiger partial charge on any atom is -0.465 e. The van der Waals surface area contributed by atoms with Crippen LogP contribution in [0.3, 0.4) is 0 Å². The van der Waals surface area contributed by atoms with Crippen molar-refractivity contribution in [1.29, 1.82) is 0 Å². The first-order valence-electron chi connectivity index (χ1n) is 5.51. The molecule has 2 N–H and O–H groups in total. The average Bonchev–Trinajstić information content (AvgIpc) is 2.80. The molecule has 1 aromatic carbocycles. The standard InChI is InChI=1S/C12H16N2O2/c15-12(16)14(11-6-7-13-8-11)9-10-4-2-1-3-5-10/h1-5,11,13H,6-9H2,(H,15,16)/t11-/m0/s1. The van der Waals surface area contributed by atoms with Gasteiger partial charge in [-0.25, -0.2) is 4.79 Å². The van der Waals surface area contributed by atoms with Crippen molar-refractivity contribution in [3.63, 3.8) is 0 Å². The predicted octanol–water partition coefficient (Wildman–Crippen LogP) is 1.53. The molecule has 0 radical (unpaired) electrons. The molecule has 86 valence electrons. The van der Waals surface area contributed by atoms with Gasteiger partial charge in [-0.05, 0) is 18.5 Å². The molecule has 4 heteroatoms. The van der Waals surface area contributed by atoms with E-state index in [1.165, 1.54) is 4.90 Å². The maximum atomic E-state index is 11.2. The number of nitrogens with zero attached hydrogens (tertiary/aromatic N) is 1. The summed E-state index contributed by atoms with van der Waals surface area (Å²) < 4.78 is 0. The molecule has 1 aliphatic heterocycles. The van der Waals surface area contributed by atoms with Crippen LogP contribution in [0.5, 0.6) is 0 Å². The average molecular weight is 220 g/mol. The van der Waals surface area contributed by atoms with Crippen LogP contribution in [0.15, 0.2) is 30.3 Å². The number of benzene rings is 1. The number of carbonyl (C=O) groups is 1. The number of hydrogen-bond donors (Lipinski definition) is 2. The van der Waals surface area contributed by atoms with E-state index in [4.69, 9.17) is 0 Å². The molecule has 1 fully saturated rings. The molecule has 1 aliphatic rings. The summed E-state index contributed by atoms with van der Waals surface area (Å²) in [4.78, 5) is 12.7. The summed E-state index contributed by atoms with van der Waals surface area (Å²) >= 11 is 0. The molecular weight excluding hydrogens is 204 g/mol. The molecule has 0 spiro atoms. The lowest BCUT2D eigenvalue weighted by atomic mass is 10.1. The van der Waals surface area contributed by atoms with E-state index in [1.807, 2.05) is 30.3 Å². The van der Waals surface area contributed by atoms with Crippen LogP contribution in [0.1, 0.15) is 12.0 Å². The van der Waals surface area contributed by atoms with Crippen molar-refractivity contribution >= 4 is 6.09 Å². The number of hydrogen-bond acceptors (Lipinski definition) is 2. The van der Waals surface area contributed by atoms with Crippen LogP contribution in [-0.2, 0) is 6.54 Å². The highest BCUT2D eigenvalue weighted by molar-refractivity contribution is 5.65. The van der Waals surface area contributed by atoms with Gasteiger partial charge in [-0.3, -0.25) is 4.90 Å². The lowest BCUT2D eigenvalue weighted by molar-refractivity contribution is 0.124. The van der Waals surface area contributed by atoms with Crippen molar-refractivity contribution < 1.29 is 9.90 Å². The molecule has 0 aromatic heterocycles. The van der Waals surface area contributed by atoms with Gasteiger partial charge in [0.25, 0.3) is 0 Å². The minimum atomic E-state index is -0.836. The van der Waals surface area contributed by atoms with E-state index in [0.717, 1.165) is 25.1 Å². The molecule has 2 rings (SSSR count). The molecule has 1 heterocycles. The molecule has 0 unspecified atom stereocenters. The molecule has 16 heavy (non-hydrogen) atoms. The SMILES string of the molecule is O=C(O)N(Cc1ccccc1)[C@H]1CCNC1. The van der Waals surface area contributed by atoms with E-state index in [-0.39, 0.29) is 6.04 Å². The Morgan fingerprint density at radius 2 is 2.19 bits per heavy atom. The first-order valence-corrected chi connectivity index (χ1v) is 5.51. The summed E-state index contributed by atoms with van der Waals surface area (Å²) in [5.74, 6) is 0. The summed E-state index contributed by atoms with van der Waals surface area (Å²) in [6.07, 6.45) is 0.0663. The summed E-state index contributed by atoms with van der Waals surface area (Å²) in [6.45, 7) is 2.14. The van der Waals surface area contributed by atoms with Crippen LogP contribution < -0.4 is 5.32 Å². The monoisotopic (exact) mass is 220 g/mol. The quantitative estimate of drug-likeness (QED) is 0.812. The topological polar surface area (TPSA) is 52.6 Å². The Morgan fingerprint density at radius 1 is 1.44 bits per heavy atom. The van der Waals surface area contributed by atoms with E-state index in [2.05, 4.69) is 5.32 Å². The van der Waals surface area contributed by atoms with Crippen LogP contribution in [0.2, 0.25) is 0 Å². The lowest BCUT2D eigenvalue weighted by Gasteiger charge is -2.25. The van der Waals surface area contributed by atoms with Crippen molar-refractivity contribution in [2.75, 3.05) is 13.1 Å². The second-order valence-electron chi connectivity index (χ2n) is 4.04. The maximum Gasteiger partial charge on any atom is 0.407 e. The lowest BCUT2D eigenvalue weighted by Crippen LogP contribution is -2.40. The van der Waals surface area contributed by atoms with Gasteiger partial charge in [-0.2, -0.15) is 0 Å². The molecular formula is C12H16N2O2. The Kier molecular flexibility index (Phi) is 3.41. The minimum absolute atomic E-state index is 0.109. The smallest absolute Gasteiger partial charge is 0.407 e. The normalized spacial score (nSPS) is 19.6.